The lowest BCUT2D eigenvalue weighted by atomic mass is 10.2. The molecule has 0 spiro atoms. The summed E-state index contributed by atoms with van der Waals surface area (Å²) in [6, 6.07) is 8.37. The monoisotopic (exact) mass is 248 g/mol. The highest BCUT2D eigenvalue weighted by molar-refractivity contribution is 7.19. The normalized spacial score (nSPS) is 17.6. The first-order chi connectivity index (χ1) is 8.33. The lowest BCUT2D eigenvalue weighted by Crippen LogP contribution is -2.35. The van der Waals surface area contributed by atoms with Crippen molar-refractivity contribution in [3.8, 4) is 0 Å². The molecular weight excluding hydrogens is 232 g/mol. The van der Waals surface area contributed by atoms with Gasteiger partial charge in [-0.2, -0.15) is 0 Å². The quantitative estimate of drug-likeness (QED) is 0.829. The molecule has 1 aliphatic heterocycles. The second-order valence-electron chi connectivity index (χ2n) is 4.37. The molecule has 1 fully saturated rings. The zero-order valence-corrected chi connectivity index (χ0v) is 10.5. The average molecular weight is 248 g/mol. The van der Waals surface area contributed by atoms with E-state index in [0.29, 0.717) is 0 Å². The van der Waals surface area contributed by atoms with Gasteiger partial charge in [-0.05, 0) is 17.5 Å². The second-order valence-corrected chi connectivity index (χ2v) is 5.50. The Bertz CT molecular complexity index is 517. The lowest BCUT2D eigenvalue weighted by molar-refractivity contribution is 0.0346. The Morgan fingerprint density at radius 2 is 2.12 bits per heavy atom. The fraction of sp³-hybridized carbons (Fsp3) is 0.385. The van der Waals surface area contributed by atoms with Crippen LogP contribution in [0.2, 0.25) is 0 Å². The van der Waals surface area contributed by atoms with E-state index in [1.165, 1.54) is 15.0 Å². The molecule has 2 aromatic rings. The summed E-state index contributed by atoms with van der Waals surface area (Å²) in [7, 11) is 0. The Morgan fingerprint density at radius 3 is 2.88 bits per heavy atom. The Labute approximate surface area is 105 Å². The molecule has 0 aliphatic carbocycles. The standard InChI is InChI=1S/C13H16N2OS/c14-12-3-1-2-10-8-11(17-13(10)12)9-15-4-6-16-7-5-15/h1-3,8H,4-7,9,14H2. The van der Waals surface area contributed by atoms with Crippen LogP contribution in [0.1, 0.15) is 4.88 Å². The summed E-state index contributed by atoms with van der Waals surface area (Å²) in [6.07, 6.45) is 0. The van der Waals surface area contributed by atoms with Crippen LogP contribution >= 0.6 is 11.3 Å². The van der Waals surface area contributed by atoms with Crippen LogP contribution in [0.5, 0.6) is 0 Å². The molecule has 0 amide bonds. The Morgan fingerprint density at radius 1 is 1.29 bits per heavy atom. The first-order valence-electron chi connectivity index (χ1n) is 5.90. The maximum atomic E-state index is 5.98. The first-order valence-corrected chi connectivity index (χ1v) is 6.71. The van der Waals surface area contributed by atoms with Gasteiger partial charge in [0.1, 0.15) is 0 Å². The molecule has 2 heterocycles. The van der Waals surface area contributed by atoms with Crippen molar-refractivity contribution in [2.75, 3.05) is 32.0 Å². The van der Waals surface area contributed by atoms with Crippen molar-refractivity contribution >= 4 is 27.1 Å². The van der Waals surface area contributed by atoms with Crippen LogP contribution in [-0.2, 0) is 11.3 Å². The van der Waals surface area contributed by atoms with Crippen molar-refractivity contribution in [1.82, 2.24) is 4.90 Å². The zero-order chi connectivity index (χ0) is 11.7. The van der Waals surface area contributed by atoms with Crippen LogP contribution in [0.15, 0.2) is 24.3 Å². The number of hydrogen-bond acceptors (Lipinski definition) is 4. The average Bonchev–Trinajstić information content (AvgIpc) is 2.74. The van der Waals surface area contributed by atoms with E-state index >= 15 is 0 Å². The van der Waals surface area contributed by atoms with E-state index in [0.717, 1.165) is 38.5 Å². The summed E-state index contributed by atoms with van der Waals surface area (Å²) >= 11 is 1.81. The molecule has 0 saturated carbocycles. The highest BCUT2D eigenvalue weighted by Crippen LogP contribution is 2.31. The number of benzene rings is 1. The molecular formula is C13H16N2OS. The molecule has 0 atom stereocenters. The van der Waals surface area contributed by atoms with Gasteiger partial charge in [0, 0.05) is 30.2 Å². The Kier molecular flexibility index (Phi) is 3.01. The molecule has 2 N–H and O–H groups in total. The van der Waals surface area contributed by atoms with Gasteiger partial charge >= 0.3 is 0 Å². The third-order valence-electron chi connectivity index (χ3n) is 3.11. The first kappa shape index (κ1) is 11.0. The fourth-order valence-corrected chi connectivity index (χ4v) is 3.32. The minimum atomic E-state index is 0.854. The molecule has 1 aromatic carbocycles. The van der Waals surface area contributed by atoms with Crippen LogP contribution < -0.4 is 5.73 Å². The summed E-state index contributed by atoms with van der Waals surface area (Å²) in [4.78, 5) is 3.82. The van der Waals surface area contributed by atoms with E-state index in [-0.39, 0.29) is 0 Å². The van der Waals surface area contributed by atoms with Gasteiger partial charge in [0.05, 0.1) is 17.9 Å². The molecule has 1 saturated heterocycles. The maximum absolute atomic E-state index is 5.98. The number of thiophene rings is 1. The van der Waals surface area contributed by atoms with E-state index in [1.54, 1.807) is 0 Å². The van der Waals surface area contributed by atoms with Gasteiger partial charge in [0.15, 0.2) is 0 Å². The van der Waals surface area contributed by atoms with Gasteiger partial charge in [-0.1, -0.05) is 12.1 Å². The SMILES string of the molecule is Nc1cccc2cc(CN3CCOCC3)sc12. The molecule has 3 rings (SSSR count). The molecule has 0 radical (unpaired) electrons. The number of nitrogens with two attached hydrogens (primary N) is 1. The molecule has 17 heavy (non-hydrogen) atoms. The lowest BCUT2D eigenvalue weighted by Gasteiger charge is -2.25. The third kappa shape index (κ3) is 2.29. The minimum Gasteiger partial charge on any atom is -0.398 e. The number of ether oxygens (including phenoxy) is 1. The highest BCUT2D eigenvalue weighted by Gasteiger charge is 2.12. The topological polar surface area (TPSA) is 38.5 Å². The second kappa shape index (κ2) is 4.64. The minimum absolute atomic E-state index is 0.854. The van der Waals surface area contributed by atoms with Gasteiger partial charge in [-0.25, -0.2) is 0 Å². The van der Waals surface area contributed by atoms with Crippen LogP contribution in [0.3, 0.4) is 0 Å². The van der Waals surface area contributed by atoms with E-state index in [2.05, 4.69) is 17.0 Å². The van der Waals surface area contributed by atoms with Gasteiger partial charge in [0.25, 0.3) is 0 Å². The van der Waals surface area contributed by atoms with E-state index < -0.39 is 0 Å². The summed E-state index contributed by atoms with van der Waals surface area (Å²) in [5.41, 5.74) is 6.87. The predicted molar refractivity (Wildman–Crippen MR) is 72.3 cm³/mol. The van der Waals surface area contributed by atoms with Crippen LogP contribution in [0.4, 0.5) is 5.69 Å². The molecule has 90 valence electrons. The van der Waals surface area contributed by atoms with Crippen molar-refractivity contribution in [2.24, 2.45) is 0 Å². The molecule has 0 bridgehead atoms. The van der Waals surface area contributed by atoms with Gasteiger partial charge in [-0.3, -0.25) is 4.90 Å². The Balaban J connectivity index is 1.83. The zero-order valence-electron chi connectivity index (χ0n) is 9.69. The van der Waals surface area contributed by atoms with E-state index in [4.69, 9.17) is 10.5 Å². The van der Waals surface area contributed by atoms with E-state index in [9.17, 15) is 0 Å². The van der Waals surface area contributed by atoms with Crippen LogP contribution in [-0.4, -0.2) is 31.2 Å². The largest absolute Gasteiger partial charge is 0.398 e. The van der Waals surface area contributed by atoms with Crippen molar-refractivity contribution < 1.29 is 4.74 Å². The number of nitrogens with zero attached hydrogens (tertiary/aromatic N) is 1. The van der Waals surface area contributed by atoms with Crippen LogP contribution in [0, 0.1) is 0 Å². The third-order valence-corrected chi connectivity index (χ3v) is 4.29. The van der Waals surface area contributed by atoms with Crippen molar-refractivity contribution in [3.05, 3.63) is 29.1 Å². The number of nitrogen functional groups attached to an aromatic ring is 1. The van der Waals surface area contributed by atoms with Gasteiger partial charge in [-0.15, -0.1) is 11.3 Å². The summed E-state index contributed by atoms with van der Waals surface area (Å²) in [6.45, 7) is 4.79. The molecule has 4 heteroatoms. The Hall–Kier alpha value is -1.10. The maximum Gasteiger partial charge on any atom is 0.0594 e. The van der Waals surface area contributed by atoms with E-state index in [1.807, 2.05) is 23.5 Å². The van der Waals surface area contributed by atoms with Crippen molar-refractivity contribution in [3.63, 3.8) is 0 Å². The van der Waals surface area contributed by atoms with Crippen LogP contribution in [0.25, 0.3) is 10.1 Å². The summed E-state index contributed by atoms with van der Waals surface area (Å²) in [5.74, 6) is 0. The highest BCUT2D eigenvalue weighted by atomic mass is 32.1. The fourth-order valence-electron chi connectivity index (χ4n) is 2.20. The van der Waals surface area contributed by atoms with Crippen molar-refractivity contribution in [1.29, 1.82) is 0 Å². The number of rotatable bonds is 2. The van der Waals surface area contributed by atoms with Crippen molar-refractivity contribution in [2.45, 2.75) is 6.54 Å². The molecule has 1 aliphatic rings. The molecule has 3 nitrogen and oxygen atoms in total. The number of morpholine rings is 1. The predicted octanol–water partition coefficient (Wildman–Crippen LogP) is 2.32. The van der Waals surface area contributed by atoms with Gasteiger partial charge < -0.3 is 10.5 Å². The molecule has 1 aromatic heterocycles. The molecule has 0 unspecified atom stereocenters. The number of anilines is 1. The number of hydrogen-bond donors (Lipinski definition) is 1. The summed E-state index contributed by atoms with van der Waals surface area (Å²) < 4.78 is 6.58. The number of fused-ring (bicyclic) bond motifs is 1. The van der Waals surface area contributed by atoms with Gasteiger partial charge in [0.2, 0.25) is 0 Å². The smallest absolute Gasteiger partial charge is 0.0594 e. The summed E-state index contributed by atoms with van der Waals surface area (Å²) in [5, 5.41) is 1.26.